The summed E-state index contributed by atoms with van der Waals surface area (Å²) in [6, 6.07) is 9.10. The minimum atomic E-state index is -3.49. The quantitative estimate of drug-likeness (QED) is 0.836. The van der Waals surface area contributed by atoms with Crippen LogP contribution in [0.1, 0.15) is 5.69 Å². The smallest absolute Gasteiger partial charge is 0.217 e. The molecule has 0 spiro atoms. The fourth-order valence-electron chi connectivity index (χ4n) is 1.78. The number of rotatable bonds is 7. The lowest BCUT2D eigenvalue weighted by Crippen LogP contribution is -2.26. The van der Waals surface area contributed by atoms with Crippen molar-refractivity contribution in [3.8, 4) is 11.4 Å². The minimum absolute atomic E-state index is 0.0660. The van der Waals surface area contributed by atoms with Crippen LogP contribution >= 0.6 is 11.6 Å². The topological polar surface area (TPSA) is 73.2 Å². The van der Waals surface area contributed by atoms with Gasteiger partial charge in [0.25, 0.3) is 0 Å². The van der Waals surface area contributed by atoms with Crippen molar-refractivity contribution in [1.29, 1.82) is 0 Å². The Morgan fingerprint density at radius 3 is 2.64 bits per heavy atom. The van der Waals surface area contributed by atoms with Gasteiger partial charge in [0.15, 0.2) is 0 Å². The van der Waals surface area contributed by atoms with E-state index in [0.717, 1.165) is 11.4 Å². The van der Waals surface area contributed by atoms with Gasteiger partial charge in [-0.1, -0.05) is 18.2 Å². The molecule has 22 heavy (non-hydrogen) atoms. The van der Waals surface area contributed by atoms with E-state index in [4.69, 9.17) is 16.3 Å². The molecule has 0 radical (unpaired) electrons. The lowest BCUT2D eigenvalue weighted by atomic mass is 10.3. The van der Waals surface area contributed by atoms with Gasteiger partial charge in [-0.2, -0.15) is 5.10 Å². The van der Waals surface area contributed by atoms with Crippen molar-refractivity contribution in [3.05, 3.63) is 53.8 Å². The van der Waals surface area contributed by atoms with Gasteiger partial charge in [-0.3, -0.25) is 0 Å². The summed E-state index contributed by atoms with van der Waals surface area (Å²) >= 11 is 5.51. The predicted molar refractivity (Wildman–Crippen MR) is 85.7 cm³/mol. The summed E-state index contributed by atoms with van der Waals surface area (Å²) in [7, 11) is -1.89. The number of aromatic nitrogens is 2. The van der Waals surface area contributed by atoms with E-state index in [2.05, 4.69) is 16.4 Å². The van der Waals surface area contributed by atoms with Gasteiger partial charge in [0.1, 0.15) is 5.75 Å². The first-order valence-corrected chi connectivity index (χ1v) is 8.42. The van der Waals surface area contributed by atoms with Gasteiger partial charge < -0.3 is 4.74 Å². The number of halogens is 1. The molecule has 0 aliphatic rings. The number of benzene rings is 1. The van der Waals surface area contributed by atoms with Crippen LogP contribution in [0.2, 0.25) is 0 Å². The molecule has 0 aliphatic heterocycles. The van der Waals surface area contributed by atoms with E-state index < -0.39 is 10.0 Å². The Morgan fingerprint density at radius 1 is 1.36 bits per heavy atom. The molecule has 1 aromatic heterocycles. The molecular formula is C14H16ClN3O3S. The van der Waals surface area contributed by atoms with Gasteiger partial charge >= 0.3 is 0 Å². The summed E-state index contributed by atoms with van der Waals surface area (Å²) in [5.74, 6) is 0.443. The molecule has 0 amide bonds. The maximum atomic E-state index is 11.7. The van der Waals surface area contributed by atoms with Gasteiger partial charge in [-0.05, 0) is 30.3 Å². The molecule has 1 heterocycles. The van der Waals surface area contributed by atoms with E-state index in [1.807, 2.05) is 24.3 Å². The normalized spacial score (nSPS) is 11.4. The van der Waals surface area contributed by atoms with E-state index in [1.54, 1.807) is 24.1 Å². The first-order chi connectivity index (χ1) is 10.4. The van der Waals surface area contributed by atoms with Crippen molar-refractivity contribution in [1.82, 2.24) is 14.5 Å². The molecule has 0 fully saturated rings. The fraction of sp³-hybridized carbons (Fsp3) is 0.214. The Hall–Kier alpha value is -1.83. The number of hydrogen-bond acceptors (Lipinski definition) is 4. The molecule has 0 atom stereocenters. The van der Waals surface area contributed by atoms with E-state index in [-0.39, 0.29) is 17.3 Å². The van der Waals surface area contributed by atoms with Gasteiger partial charge in [-0.15, -0.1) is 0 Å². The zero-order valence-electron chi connectivity index (χ0n) is 12.0. The largest absolute Gasteiger partial charge is 0.497 e. The summed E-state index contributed by atoms with van der Waals surface area (Å²) in [5, 5.41) is 4.38. The second-order valence-corrected chi connectivity index (χ2v) is 6.89. The summed E-state index contributed by atoms with van der Waals surface area (Å²) in [6.45, 7) is 3.46. The van der Waals surface area contributed by atoms with Crippen molar-refractivity contribution in [3.63, 3.8) is 0 Å². The highest BCUT2D eigenvalue weighted by molar-refractivity contribution is 7.89. The lowest BCUT2D eigenvalue weighted by Gasteiger charge is -2.04. The zero-order chi connectivity index (χ0) is 16.2. The van der Waals surface area contributed by atoms with Crippen LogP contribution in [0.25, 0.3) is 5.69 Å². The summed E-state index contributed by atoms with van der Waals surface area (Å²) in [5.41, 5.74) is 1.45. The van der Waals surface area contributed by atoms with E-state index in [9.17, 15) is 8.42 Å². The number of nitrogens with one attached hydrogen (secondary N) is 1. The molecule has 8 heteroatoms. The van der Waals surface area contributed by atoms with Crippen molar-refractivity contribution < 1.29 is 13.2 Å². The lowest BCUT2D eigenvalue weighted by molar-refractivity contribution is 0.414. The maximum Gasteiger partial charge on any atom is 0.217 e. The number of hydrogen-bond donors (Lipinski definition) is 1. The number of methoxy groups -OCH3 is 1. The van der Waals surface area contributed by atoms with Gasteiger partial charge in [-0.25, -0.2) is 17.8 Å². The average Bonchev–Trinajstić information content (AvgIpc) is 2.93. The zero-order valence-corrected chi connectivity index (χ0v) is 13.6. The van der Waals surface area contributed by atoms with Crippen LogP contribution in [0, 0.1) is 0 Å². The van der Waals surface area contributed by atoms with E-state index in [0.29, 0.717) is 5.69 Å². The Kier molecular flexibility index (Phi) is 5.23. The summed E-state index contributed by atoms with van der Waals surface area (Å²) in [4.78, 5) is 0. The minimum Gasteiger partial charge on any atom is -0.497 e. The van der Waals surface area contributed by atoms with Crippen molar-refractivity contribution in [2.45, 2.75) is 6.54 Å². The molecule has 2 aromatic rings. The summed E-state index contributed by atoms with van der Waals surface area (Å²) < 4.78 is 32.5. The third-order valence-electron chi connectivity index (χ3n) is 2.80. The molecule has 0 aliphatic carbocycles. The Morgan fingerprint density at radius 2 is 2.05 bits per heavy atom. The molecular weight excluding hydrogens is 326 g/mol. The first-order valence-electron chi connectivity index (χ1n) is 6.39. The maximum absolute atomic E-state index is 11.7. The molecule has 0 saturated heterocycles. The van der Waals surface area contributed by atoms with E-state index in [1.165, 1.54) is 0 Å². The van der Waals surface area contributed by atoms with Crippen LogP contribution < -0.4 is 9.46 Å². The van der Waals surface area contributed by atoms with Crippen LogP contribution in [0.15, 0.2) is 48.1 Å². The van der Waals surface area contributed by atoms with Crippen LogP contribution in [0.4, 0.5) is 0 Å². The second-order valence-electron chi connectivity index (χ2n) is 4.55. The third kappa shape index (κ3) is 4.59. The third-order valence-corrected chi connectivity index (χ3v) is 4.41. The highest BCUT2D eigenvalue weighted by Crippen LogP contribution is 2.14. The SMILES string of the molecule is C=C(Cl)CS(=O)(=O)NCc1ccn(-c2ccc(OC)cc2)n1. The fourth-order valence-corrected chi connectivity index (χ4v) is 3.09. The van der Waals surface area contributed by atoms with Crippen molar-refractivity contribution in [2.24, 2.45) is 0 Å². The number of ether oxygens (including phenoxy) is 1. The molecule has 118 valence electrons. The monoisotopic (exact) mass is 341 g/mol. The van der Waals surface area contributed by atoms with Crippen LogP contribution in [0.3, 0.4) is 0 Å². The second kappa shape index (κ2) is 6.95. The molecule has 6 nitrogen and oxygen atoms in total. The van der Waals surface area contributed by atoms with Gasteiger partial charge in [0, 0.05) is 11.2 Å². The van der Waals surface area contributed by atoms with Gasteiger partial charge in [0.2, 0.25) is 10.0 Å². The number of sulfonamides is 1. The Bertz CT molecular complexity index is 754. The standard InChI is InChI=1S/C14H16ClN3O3S/c1-11(15)10-22(19,20)16-9-12-7-8-18(17-12)13-3-5-14(21-2)6-4-13/h3-8,16H,1,9-10H2,2H3. The highest BCUT2D eigenvalue weighted by Gasteiger charge is 2.12. The van der Waals surface area contributed by atoms with Crippen LogP contribution in [0.5, 0.6) is 5.75 Å². The molecule has 2 rings (SSSR count). The molecule has 1 aromatic carbocycles. The van der Waals surface area contributed by atoms with E-state index >= 15 is 0 Å². The molecule has 0 saturated carbocycles. The average molecular weight is 342 g/mol. The number of nitrogens with zero attached hydrogens (tertiary/aromatic N) is 2. The molecule has 1 N–H and O–H groups in total. The van der Waals surface area contributed by atoms with Crippen LogP contribution in [-0.2, 0) is 16.6 Å². The Labute approximate surface area is 134 Å². The summed E-state index contributed by atoms with van der Waals surface area (Å²) in [6.07, 6.45) is 1.76. The van der Waals surface area contributed by atoms with Gasteiger partial charge in [0.05, 0.1) is 30.8 Å². The Balaban J connectivity index is 2.03. The van der Waals surface area contributed by atoms with Crippen molar-refractivity contribution >= 4 is 21.6 Å². The predicted octanol–water partition coefficient (Wildman–Crippen LogP) is 2.05. The van der Waals surface area contributed by atoms with Crippen molar-refractivity contribution in [2.75, 3.05) is 12.9 Å². The molecule has 0 unspecified atom stereocenters. The van der Waals surface area contributed by atoms with Crippen LogP contribution in [-0.4, -0.2) is 31.1 Å². The highest BCUT2D eigenvalue weighted by atomic mass is 35.5. The first kappa shape index (κ1) is 16.5. The molecule has 0 bridgehead atoms.